The molecule has 0 spiro atoms. The normalized spacial score (nSPS) is 11.9. The maximum absolute atomic E-state index is 10.7. The monoisotopic (exact) mass is 194 g/mol. The van der Waals surface area contributed by atoms with E-state index in [1.54, 1.807) is 0 Å². The molecule has 0 aliphatic heterocycles. The second-order valence-corrected chi connectivity index (χ2v) is 2.47. The third-order valence-electron chi connectivity index (χ3n) is 1.13. The van der Waals surface area contributed by atoms with E-state index in [4.69, 9.17) is 16.3 Å². The summed E-state index contributed by atoms with van der Waals surface area (Å²) in [4.78, 5) is 21.1. The van der Waals surface area contributed by atoms with Gasteiger partial charge in [0, 0.05) is 6.92 Å². The van der Waals surface area contributed by atoms with E-state index in [9.17, 15) is 9.59 Å². The zero-order valence-electron chi connectivity index (χ0n) is 7.00. The molecule has 0 saturated heterocycles. The number of methoxy groups -OCH3 is 1. The van der Waals surface area contributed by atoms with Gasteiger partial charge in [0.15, 0.2) is 0 Å². The third-order valence-corrected chi connectivity index (χ3v) is 1.47. The molecule has 0 radical (unpaired) electrons. The molecule has 0 aliphatic carbocycles. The van der Waals surface area contributed by atoms with Crippen LogP contribution in [-0.2, 0) is 19.1 Å². The largest absolute Gasteiger partial charge is 0.469 e. The Bertz CT molecular complexity index is 169. The predicted octanol–water partition coefficient (Wildman–Crippen LogP) is 0.720. The minimum absolute atomic E-state index is 0.000417. The van der Waals surface area contributed by atoms with Gasteiger partial charge in [0.2, 0.25) is 0 Å². The number of carbonyl (C=O) groups is 2. The van der Waals surface area contributed by atoms with Gasteiger partial charge >= 0.3 is 11.9 Å². The smallest absolute Gasteiger partial charge is 0.309 e. The lowest BCUT2D eigenvalue weighted by Gasteiger charge is -2.11. The standard InChI is InChI=1S/C7H11ClO4/c1-5(9)12-6(4-8)3-7(10)11-2/h6H,3-4H2,1-2H3/t6-/m0/s1. The highest BCUT2D eigenvalue weighted by atomic mass is 35.5. The average Bonchev–Trinajstić information content (AvgIpc) is 2.02. The molecule has 0 rings (SSSR count). The molecule has 0 bridgehead atoms. The van der Waals surface area contributed by atoms with Gasteiger partial charge in [-0.1, -0.05) is 0 Å². The van der Waals surface area contributed by atoms with Gasteiger partial charge in [0.1, 0.15) is 6.10 Å². The molecule has 0 amide bonds. The van der Waals surface area contributed by atoms with Gasteiger partial charge in [-0.2, -0.15) is 0 Å². The number of esters is 2. The van der Waals surface area contributed by atoms with Gasteiger partial charge in [-0.05, 0) is 0 Å². The molecule has 0 fully saturated rings. The molecular weight excluding hydrogens is 184 g/mol. The first-order valence-electron chi connectivity index (χ1n) is 3.40. The van der Waals surface area contributed by atoms with Gasteiger partial charge < -0.3 is 9.47 Å². The van der Waals surface area contributed by atoms with Crippen LogP contribution in [0.1, 0.15) is 13.3 Å². The van der Waals surface area contributed by atoms with Crippen LogP contribution in [0.4, 0.5) is 0 Å². The number of rotatable bonds is 4. The summed E-state index contributed by atoms with van der Waals surface area (Å²) >= 11 is 5.43. The van der Waals surface area contributed by atoms with Crippen LogP contribution in [0.15, 0.2) is 0 Å². The Balaban J connectivity index is 3.82. The quantitative estimate of drug-likeness (QED) is 0.489. The van der Waals surface area contributed by atoms with Crippen molar-refractivity contribution >= 4 is 23.5 Å². The van der Waals surface area contributed by atoms with E-state index < -0.39 is 18.0 Å². The average molecular weight is 195 g/mol. The summed E-state index contributed by atoms with van der Waals surface area (Å²) in [7, 11) is 1.27. The van der Waals surface area contributed by atoms with E-state index in [1.165, 1.54) is 14.0 Å². The van der Waals surface area contributed by atoms with Crippen molar-refractivity contribution in [2.24, 2.45) is 0 Å². The summed E-state index contributed by atoms with van der Waals surface area (Å²) in [5.41, 5.74) is 0. The Labute approximate surface area is 75.8 Å². The molecule has 0 heterocycles. The summed E-state index contributed by atoms with van der Waals surface area (Å²) in [6.45, 7) is 1.26. The number of carbonyl (C=O) groups excluding carboxylic acids is 2. The summed E-state index contributed by atoms with van der Waals surface area (Å²) in [6.07, 6.45) is -0.587. The minimum atomic E-state index is -0.586. The summed E-state index contributed by atoms with van der Waals surface area (Å²) < 4.78 is 9.08. The molecular formula is C7H11ClO4. The molecule has 0 aromatic carbocycles. The maximum atomic E-state index is 10.7. The van der Waals surface area contributed by atoms with Gasteiger partial charge in [-0.15, -0.1) is 11.6 Å². The second-order valence-electron chi connectivity index (χ2n) is 2.17. The van der Waals surface area contributed by atoms with Crippen LogP contribution in [0.3, 0.4) is 0 Å². The number of alkyl halides is 1. The van der Waals surface area contributed by atoms with E-state index in [1.807, 2.05) is 0 Å². The Morgan fingerprint density at radius 2 is 2.08 bits per heavy atom. The summed E-state index contributed by atoms with van der Waals surface area (Å²) in [5.74, 6) is -0.805. The van der Waals surface area contributed by atoms with E-state index in [2.05, 4.69) is 4.74 Å². The predicted molar refractivity (Wildman–Crippen MR) is 42.9 cm³/mol. The summed E-state index contributed by atoms with van der Waals surface area (Å²) in [5, 5.41) is 0. The van der Waals surface area contributed by atoms with Crippen molar-refractivity contribution in [2.45, 2.75) is 19.4 Å². The third kappa shape index (κ3) is 4.96. The molecule has 70 valence electrons. The van der Waals surface area contributed by atoms with Crippen LogP contribution in [0.2, 0.25) is 0 Å². The zero-order chi connectivity index (χ0) is 9.56. The molecule has 0 aromatic heterocycles. The van der Waals surface area contributed by atoms with Crippen LogP contribution < -0.4 is 0 Å². The molecule has 4 nitrogen and oxygen atoms in total. The fraction of sp³-hybridized carbons (Fsp3) is 0.714. The van der Waals surface area contributed by atoms with Crippen molar-refractivity contribution < 1.29 is 19.1 Å². The number of halogens is 1. The van der Waals surface area contributed by atoms with Gasteiger partial charge in [0.25, 0.3) is 0 Å². The lowest BCUT2D eigenvalue weighted by molar-refractivity contribution is -0.150. The Hall–Kier alpha value is -0.770. The topological polar surface area (TPSA) is 52.6 Å². The Kier molecular flexibility index (Phi) is 5.45. The van der Waals surface area contributed by atoms with Crippen molar-refractivity contribution in [1.29, 1.82) is 0 Å². The van der Waals surface area contributed by atoms with Crippen molar-refractivity contribution in [3.05, 3.63) is 0 Å². The lowest BCUT2D eigenvalue weighted by atomic mass is 10.3. The van der Waals surface area contributed by atoms with Gasteiger partial charge in [0.05, 0.1) is 19.4 Å². The first kappa shape index (κ1) is 11.2. The fourth-order valence-electron chi connectivity index (χ4n) is 0.632. The van der Waals surface area contributed by atoms with E-state index in [0.717, 1.165) is 0 Å². The molecule has 0 aromatic rings. The number of hydrogen-bond acceptors (Lipinski definition) is 4. The highest BCUT2D eigenvalue weighted by molar-refractivity contribution is 6.18. The van der Waals surface area contributed by atoms with E-state index in [0.29, 0.717) is 0 Å². The minimum Gasteiger partial charge on any atom is -0.469 e. The maximum Gasteiger partial charge on any atom is 0.309 e. The fourth-order valence-corrected chi connectivity index (χ4v) is 0.804. The molecule has 12 heavy (non-hydrogen) atoms. The second kappa shape index (κ2) is 5.83. The van der Waals surface area contributed by atoms with Crippen molar-refractivity contribution in [3.63, 3.8) is 0 Å². The molecule has 0 aliphatic rings. The van der Waals surface area contributed by atoms with E-state index in [-0.39, 0.29) is 12.3 Å². The number of ether oxygens (including phenoxy) is 2. The number of hydrogen-bond donors (Lipinski definition) is 0. The highest BCUT2D eigenvalue weighted by Crippen LogP contribution is 2.02. The van der Waals surface area contributed by atoms with Crippen LogP contribution >= 0.6 is 11.6 Å². The van der Waals surface area contributed by atoms with Crippen molar-refractivity contribution in [3.8, 4) is 0 Å². The van der Waals surface area contributed by atoms with Crippen LogP contribution in [-0.4, -0.2) is 31.0 Å². The Morgan fingerprint density at radius 3 is 2.42 bits per heavy atom. The summed E-state index contributed by atoms with van der Waals surface area (Å²) in [6, 6.07) is 0. The lowest BCUT2D eigenvalue weighted by Crippen LogP contribution is -2.22. The highest BCUT2D eigenvalue weighted by Gasteiger charge is 2.15. The molecule has 0 unspecified atom stereocenters. The molecule has 1 atom stereocenters. The van der Waals surface area contributed by atoms with Crippen molar-refractivity contribution in [2.75, 3.05) is 13.0 Å². The van der Waals surface area contributed by atoms with Gasteiger partial charge in [-0.3, -0.25) is 9.59 Å². The Morgan fingerprint density at radius 1 is 1.50 bits per heavy atom. The first-order valence-corrected chi connectivity index (χ1v) is 3.93. The van der Waals surface area contributed by atoms with Crippen molar-refractivity contribution in [1.82, 2.24) is 0 Å². The SMILES string of the molecule is COC(=O)C[C@@H](CCl)OC(C)=O. The first-order chi connectivity index (χ1) is 5.60. The van der Waals surface area contributed by atoms with Crippen LogP contribution in [0, 0.1) is 0 Å². The zero-order valence-corrected chi connectivity index (χ0v) is 7.76. The van der Waals surface area contributed by atoms with Crippen LogP contribution in [0.5, 0.6) is 0 Å². The molecule has 0 N–H and O–H groups in total. The van der Waals surface area contributed by atoms with E-state index >= 15 is 0 Å². The molecule has 0 saturated carbocycles. The van der Waals surface area contributed by atoms with Gasteiger partial charge in [-0.25, -0.2) is 0 Å². The van der Waals surface area contributed by atoms with Crippen LogP contribution in [0.25, 0.3) is 0 Å². The molecule has 5 heteroatoms.